The molecule has 1 amide bonds. The van der Waals surface area contributed by atoms with Crippen molar-refractivity contribution in [3.8, 4) is 5.69 Å². The van der Waals surface area contributed by atoms with E-state index in [0.717, 1.165) is 29.7 Å². The van der Waals surface area contributed by atoms with Gasteiger partial charge in [-0.05, 0) is 37.0 Å². The van der Waals surface area contributed by atoms with E-state index in [2.05, 4.69) is 5.10 Å². The molecule has 23 heavy (non-hydrogen) atoms. The van der Waals surface area contributed by atoms with Crippen molar-refractivity contribution in [2.24, 2.45) is 5.92 Å². The van der Waals surface area contributed by atoms with Crippen molar-refractivity contribution >= 4 is 5.91 Å². The lowest BCUT2D eigenvalue weighted by Gasteiger charge is -2.19. The van der Waals surface area contributed by atoms with Gasteiger partial charge in [-0.3, -0.25) is 4.79 Å². The number of aliphatic hydroxyl groups is 1. The Bertz CT molecular complexity index is 708. The SMILES string of the molecule is CN(CC(O)C1CC1)C(=O)c1ccn(-c2c(F)cccc2F)n1. The van der Waals surface area contributed by atoms with Crippen LogP contribution < -0.4 is 0 Å². The fourth-order valence-corrected chi connectivity index (χ4v) is 2.46. The van der Waals surface area contributed by atoms with E-state index in [4.69, 9.17) is 0 Å². The van der Waals surface area contributed by atoms with E-state index in [1.807, 2.05) is 0 Å². The number of hydrogen-bond donors (Lipinski definition) is 1. The summed E-state index contributed by atoms with van der Waals surface area (Å²) in [5.41, 5.74) is -0.259. The van der Waals surface area contributed by atoms with Crippen LogP contribution in [-0.4, -0.2) is 45.4 Å². The van der Waals surface area contributed by atoms with Crippen LogP contribution >= 0.6 is 0 Å². The van der Waals surface area contributed by atoms with E-state index in [-0.39, 0.29) is 23.8 Å². The minimum Gasteiger partial charge on any atom is -0.391 e. The zero-order chi connectivity index (χ0) is 16.6. The zero-order valence-electron chi connectivity index (χ0n) is 12.6. The highest BCUT2D eigenvalue weighted by Crippen LogP contribution is 2.32. The maximum Gasteiger partial charge on any atom is 0.274 e. The van der Waals surface area contributed by atoms with Gasteiger partial charge in [0.25, 0.3) is 5.91 Å². The average molecular weight is 321 g/mol. The molecule has 2 aromatic rings. The van der Waals surface area contributed by atoms with Crippen LogP contribution in [0.1, 0.15) is 23.3 Å². The fourth-order valence-electron chi connectivity index (χ4n) is 2.46. The number of aromatic nitrogens is 2. The Morgan fingerprint density at radius 2 is 2.04 bits per heavy atom. The smallest absolute Gasteiger partial charge is 0.274 e. The van der Waals surface area contributed by atoms with Crippen molar-refractivity contribution in [1.29, 1.82) is 0 Å². The number of halogens is 2. The van der Waals surface area contributed by atoms with Crippen molar-refractivity contribution in [3.63, 3.8) is 0 Å². The first kappa shape index (κ1) is 15.6. The fraction of sp³-hybridized carbons (Fsp3) is 0.375. The first-order valence-corrected chi connectivity index (χ1v) is 7.41. The van der Waals surface area contributed by atoms with E-state index < -0.39 is 23.6 Å². The summed E-state index contributed by atoms with van der Waals surface area (Å²) in [6, 6.07) is 4.91. The number of hydrogen-bond acceptors (Lipinski definition) is 3. The molecule has 1 heterocycles. The third-order valence-electron chi connectivity index (χ3n) is 3.95. The van der Waals surface area contributed by atoms with E-state index in [1.165, 1.54) is 23.2 Å². The van der Waals surface area contributed by atoms with E-state index >= 15 is 0 Å². The molecule has 1 atom stereocenters. The van der Waals surface area contributed by atoms with Crippen LogP contribution in [0.2, 0.25) is 0 Å². The molecule has 122 valence electrons. The van der Waals surface area contributed by atoms with Gasteiger partial charge in [-0.2, -0.15) is 5.10 Å². The number of carbonyl (C=O) groups is 1. The van der Waals surface area contributed by atoms with Crippen LogP contribution in [0.3, 0.4) is 0 Å². The first-order valence-electron chi connectivity index (χ1n) is 7.41. The molecular weight excluding hydrogens is 304 g/mol. The molecule has 0 spiro atoms. The quantitative estimate of drug-likeness (QED) is 0.916. The van der Waals surface area contributed by atoms with Gasteiger partial charge in [0.05, 0.1) is 6.10 Å². The van der Waals surface area contributed by atoms with Gasteiger partial charge in [0.15, 0.2) is 17.3 Å². The Hall–Kier alpha value is -2.28. The number of benzene rings is 1. The molecule has 0 radical (unpaired) electrons. The summed E-state index contributed by atoms with van der Waals surface area (Å²) < 4.78 is 28.5. The summed E-state index contributed by atoms with van der Waals surface area (Å²) in [4.78, 5) is 13.7. The highest BCUT2D eigenvalue weighted by molar-refractivity contribution is 5.92. The Balaban J connectivity index is 1.77. The van der Waals surface area contributed by atoms with Gasteiger partial charge in [0, 0.05) is 19.8 Å². The molecule has 1 fully saturated rings. The van der Waals surface area contributed by atoms with Crippen molar-refractivity contribution in [2.75, 3.05) is 13.6 Å². The second-order valence-electron chi connectivity index (χ2n) is 5.81. The molecule has 1 aromatic heterocycles. The largest absolute Gasteiger partial charge is 0.391 e. The van der Waals surface area contributed by atoms with Gasteiger partial charge in [-0.1, -0.05) is 6.07 Å². The van der Waals surface area contributed by atoms with Crippen LogP contribution in [0, 0.1) is 17.6 Å². The number of rotatable bonds is 5. The summed E-state index contributed by atoms with van der Waals surface area (Å²) in [5.74, 6) is -1.66. The standard InChI is InChI=1S/C16H17F2N3O2/c1-20(9-14(22)10-5-6-10)16(23)13-7-8-21(19-13)15-11(17)3-2-4-12(15)18/h2-4,7-8,10,14,22H,5-6,9H2,1H3. The zero-order valence-corrected chi connectivity index (χ0v) is 12.6. The van der Waals surface area contributed by atoms with Crippen LogP contribution in [0.25, 0.3) is 5.69 Å². The number of nitrogens with zero attached hydrogens (tertiary/aromatic N) is 3. The average Bonchev–Trinajstić information content (AvgIpc) is 3.25. The lowest BCUT2D eigenvalue weighted by molar-refractivity contribution is 0.0640. The first-order chi connectivity index (χ1) is 11.0. The van der Waals surface area contributed by atoms with Crippen molar-refractivity contribution in [1.82, 2.24) is 14.7 Å². The monoisotopic (exact) mass is 321 g/mol. The molecule has 3 rings (SSSR count). The van der Waals surface area contributed by atoms with E-state index in [0.29, 0.717) is 0 Å². The van der Waals surface area contributed by atoms with E-state index in [9.17, 15) is 18.7 Å². The second kappa shape index (κ2) is 6.08. The van der Waals surface area contributed by atoms with Crippen LogP contribution in [0.4, 0.5) is 8.78 Å². The summed E-state index contributed by atoms with van der Waals surface area (Å²) in [7, 11) is 1.57. The minimum atomic E-state index is -0.760. The molecule has 0 bridgehead atoms. The lowest BCUT2D eigenvalue weighted by Crippen LogP contribution is -2.35. The molecule has 0 aliphatic heterocycles. The maximum atomic E-state index is 13.7. The summed E-state index contributed by atoms with van der Waals surface area (Å²) in [6.07, 6.45) is 2.74. The second-order valence-corrected chi connectivity index (χ2v) is 5.81. The minimum absolute atomic E-state index is 0.0677. The number of amides is 1. The molecule has 7 heteroatoms. The molecule has 1 aliphatic carbocycles. The van der Waals surface area contributed by atoms with Crippen molar-refractivity contribution < 1.29 is 18.7 Å². The molecule has 5 nitrogen and oxygen atoms in total. The van der Waals surface area contributed by atoms with Gasteiger partial charge < -0.3 is 10.0 Å². The summed E-state index contributed by atoms with van der Waals surface area (Å²) >= 11 is 0. The number of para-hydroxylation sites is 1. The molecule has 0 saturated heterocycles. The topological polar surface area (TPSA) is 58.4 Å². The molecule has 1 aromatic carbocycles. The van der Waals surface area contributed by atoms with Gasteiger partial charge >= 0.3 is 0 Å². The van der Waals surface area contributed by atoms with Gasteiger partial charge in [-0.25, -0.2) is 13.5 Å². The van der Waals surface area contributed by atoms with Gasteiger partial charge in [-0.15, -0.1) is 0 Å². The third kappa shape index (κ3) is 3.24. The van der Waals surface area contributed by atoms with Gasteiger partial charge in [0.2, 0.25) is 0 Å². The number of likely N-dealkylation sites (N-methyl/N-ethyl adjacent to an activating group) is 1. The van der Waals surface area contributed by atoms with Crippen molar-refractivity contribution in [2.45, 2.75) is 18.9 Å². The Morgan fingerprint density at radius 1 is 1.39 bits per heavy atom. The van der Waals surface area contributed by atoms with Crippen molar-refractivity contribution in [3.05, 3.63) is 47.8 Å². The maximum absolute atomic E-state index is 13.7. The predicted molar refractivity (Wildman–Crippen MR) is 79.2 cm³/mol. The summed E-state index contributed by atoms with van der Waals surface area (Å²) in [5, 5.41) is 13.8. The molecular formula is C16H17F2N3O2. The molecule has 1 aliphatic rings. The normalized spacial score (nSPS) is 15.5. The van der Waals surface area contributed by atoms with Gasteiger partial charge in [0.1, 0.15) is 5.69 Å². The highest BCUT2D eigenvalue weighted by Gasteiger charge is 2.31. The molecule has 1 saturated carbocycles. The Kier molecular flexibility index (Phi) is 4.12. The lowest BCUT2D eigenvalue weighted by atomic mass is 10.2. The molecule has 1 unspecified atom stereocenters. The summed E-state index contributed by atoms with van der Waals surface area (Å²) in [6.45, 7) is 0.213. The van der Waals surface area contributed by atoms with Crippen LogP contribution in [-0.2, 0) is 0 Å². The number of aliphatic hydroxyl groups excluding tert-OH is 1. The third-order valence-corrected chi connectivity index (χ3v) is 3.95. The highest BCUT2D eigenvalue weighted by atomic mass is 19.1. The number of carbonyl (C=O) groups excluding carboxylic acids is 1. The predicted octanol–water partition coefficient (Wildman–Crippen LogP) is 1.99. The Morgan fingerprint density at radius 3 is 2.65 bits per heavy atom. The van der Waals surface area contributed by atoms with Crippen LogP contribution in [0.15, 0.2) is 30.5 Å². The van der Waals surface area contributed by atoms with Crippen LogP contribution in [0.5, 0.6) is 0 Å². The Labute approximate surface area is 132 Å². The van der Waals surface area contributed by atoms with E-state index in [1.54, 1.807) is 7.05 Å². The molecule has 1 N–H and O–H groups in total.